The molecular formula is C30H29N5O3. The molecule has 1 aliphatic carbocycles. The number of carboxylic acid groups (broad SMARTS) is 1. The number of aromatic nitrogens is 4. The molecule has 2 aromatic carbocycles. The molecule has 0 spiro atoms. The average molecular weight is 508 g/mol. The van der Waals surface area contributed by atoms with E-state index in [1.54, 1.807) is 34.9 Å². The quantitative estimate of drug-likeness (QED) is 0.299. The van der Waals surface area contributed by atoms with E-state index < -0.39 is 5.97 Å². The second-order valence-corrected chi connectivity index (χ2v) is 10.3. The van der Waals surface area contributed by atoms with Crippen LogP contribution in [0.4, 0.5) is 5.69 Å². The number of pyridine rings is 1. The number of fused-ring (bicyclic) bond motifs is 2. The number of aryl methyl sites for hydroxylation is 2. The van der Waals surface area contributed by atoms with Crippen LogP contribution in [0, 0.1) is 20.8 Å². The minimum Gasteiger partial charge on any atom is -0.478 e. The van der Waals surface area contributed by atoms with Crippen molar-refractivity contribution in [2.24, 2.45) is 0 Å². The van der Waals surface area contributed by atoms with Gasteiger partial charge in [-0.15, -0.1) is 0 Å². The highest BCUT2D eigenvalue weighted by Gasteiger charge is 2.27. The van der Waals surface area contributed by atoms with Crippen LogP contribution in [0.5, 0.6) is 0 Å². The predicted octanol–water partition coefficient (Wildman–Crippen LogP) is 5.84. The number of carboxylic acids is 1. The summed E-state index contributed by atoms with van der Waals surface area (Å²) in [7, 11) is 0. The molecule has 0 saturated heterocycles. The third-order valence-electron chi connectivity index (χ3n) is 7.37. The van der Waals surface area contributed by atoms with Crippen molar-refractivity contribution in [2.45, 2.75) is 52.6 Å². The lowest BCUT2D eigenvalue weighted by Gasteiger charge is -2.20. The number of hydrogen-bond acceptors (Lipinski definition) is 5. The lowest BCUT2D eigenvalue weighted by Crippen LogP contribution is -2.22. The Kier molecular flexibility index (Phi) is 5.56. The highest BCUT2D eigenvalue weighted by Crippen LogP contribution is 2.38. The predicted molar refractivity (Wildman–Crippen MR) is 148 cm³/mol. The number of nitrogens with zero attached hydrogens (tertiary/aromatic N) is 4. The summed E-state index contributed by atoms with van der Waals surface area (Å²) >= 11 is 0. The molecule has 1 atom stereocenters. The Morgan fingerprint density at radius 2 is 1.87 bits per heavy atom. The van der Waals surface area contributed by atoms with E-state index in [1.165, 1.54) is 0 Å². The van der Waals surface area contributed by atoms with Crippen LogP contribution in [0.3, 0.4) is 0 Å². The minimum absolute atomic E-state index is 0.126. The van der Waals surface area contributed by atoms with Gasteiger partial charge in [0, 0.05) is 34.0 Å². The van der Waals surface area contributed by atoms with Crippen molar-refractivity contribution in [3.05, 3.63) is 93.0 Å². The molecule has 3 heterocycles. The summed E-state index contributed by atoms with van der Waals surface area (Å²) in [6.07, 6.45) is 4.12. The fourth-order valence-corrected chi connectivity index (χ4v) is 5.24. The zero-order valence-electron chi connectivity index (χ0n) is 21.8. The molecule has 2 N–H and O–H groups in total. The van der Waals surface area contributed by atoms with E-state index >= 15 is 0 Å². The van der Waals surface area contributed by atoms with Gasteiger partial charge in [-0.05, 0) is 76.4 Å². The normalized spacial score (nSPS) is 14.2. The van der Waals surface area contributed by atoms with E-state index in [-0.39, 0.29) is 17.2 Å². The summed E-state index contributed by atoms with van der Waals surface area (Å²) in [5.41, 5.74) is 6.99. The molecule has 6 rings (SSSR count). The highest BCUT2D eigenvalue weighted by molar-refractivity contribution is 5.94. The Morgan fingerprint density at radius 1 is 1.11 bits per heavy atom. The number of anilines is 1. The third-order valence-corrected chi connectivity index (χ3v) is 7.37. The summed E-state index contributed by atoms with van der Waals surface area (Å²) in [4.78, 5) is 30.4. The van der Waals surface area contributed by atoms with Gasteiger partial charge in [-0.2, -0.15) is 5.10 Å². The van der Waals surface area contributed by atoms with Gasteiger partial charge in [0.25, 0.3) is 5.56 Å². The Labute approximate surface area is 219 Å². The van der Waals surface area contributed by atoms with Crippen LogP contribution in [0.2, 0.25) is 0 Å². The number of rotatable bonds is 6. The van der Waals surface area contributed by atoms with Crippen LogP contribution in [0.15, 0.2) is 59.5 Å². The number of aromatic carboxylic acids is 1. The van der Waals surface area contributed by atoms with E-state index in [9.17, 15) is 14.7 Å². The summed E-state index contributed by atoms with van der Waals surface area (Å²) < 4.78 is 3.72. The van der Waals surface area contributed by atoms with Crippen molar-refractivity contribution < 1.29 is 9.90 Å². The first-order valence-electron chi connectivity index (χ1n) is 12.8. The minimum atomic E-state index is -1.00. The first-order valence-corrected chi connectivity index (χ1v) is 12.8. The van der Waals surface area contributed by atoms with Gasteiger partial charge in [-0.3, -0.25) is 13.9 Å². The number of benzene rings is 2. The molecule has 0 amide bonds. The lowest BCUT2D eigenvalue weighted by molar-refractivity contribution is 0.0698. The van der Waals surface area contributed by atoms with Crippen LogP contribution in [-0.4, -0.2) is 30.2 Å². The molecule has 0 aliphatic heterocycles. The van der Waals surface area contributed by atoms with Gasteiger partial charge in [0.1, 0.15) is 5.65 Å². The summed E-state index contributed by atoms with van der Waals surface area (Å²) in [6, 6.07) is 15.2. The molecule has 1 unspecified atom stereocenters. The Hall–Kier alpha value is -4.46. The molecular weight excluding hydrogens is 478 g/mol. The van der Waals surface area contributed by atoms with Crippen molar-refractivity contribution in [1.29, 1.82) is 0 Å². The number of para-hydroxylation sites is 1. The van der Waals surface area contributed by atoms with Gasteiger partial charge in [-0.1, -0.05) is 18.2 Å². The van der Waals surface area contributed by atoms with Crippen LogP contribution in [0.25, 0.3) is 27.8 Å². The molecule has 192 valence electrons. The zero-order chi connectivity index (χ0) is 26.7. The van der Waals surface area contributed by atoms with E-state index in [0.29, 0.717) is 28.6 Å². The molecule has 1 saturated carbocycles. The van der Waals surface area contributed by atoms with Crippen molar-refractivity contribution in [1.82, 2.24) is 19.2 Å². The molecule has 0 bridgehead atoms. The van der Waals surface area contributed by atoms with E-state index in [0.717, 1.165) is 46.1 Å². The second kappa shape index (κ2) is 8.83. The molecule has 1 aliphatic rings. The van der Waals surface area contributed by atoms with Crippen molar-refractivity contribution in [2.75, 3.05) is 5.32 Å². The molecule has 3 aromatic heterocycles. The first-order chi connectivity index (χ1) is 18.2. The molecule has 38 heavy (non-hydrogen) atoms. The smallest absolute Gasteiger partial charge is 0.337 e. The zero-order valence-corrected chi connectivity index (χ0v) is 21.8. The number of hydrogen-bond donors (Lipinski definition) is 2. The first kappa shape index (κ1) is 23.9. The van der Waals surface area contributed by atoms with Crippen molar-refractivity contribution in [3.8, 4) is 11.3 Å². The van der Waals surface area contributed by atoms with Gasteiger partial charge in [0.2, 0.25) is 0 Å². The van der Waals surface area contributed by atoms with Crippen LogP contribution < -0.4 is 10.9 Å². The maximum atomic E-state index is 13.6. The number of nitrogens with one attached hydrogen (secondary N) is 1. The van der Waals surface area contributed by atoms with Crippen molar-refractivity contribution >= 4 is 28.2 Å². The lowest BCUT2D eigenvalue weighted by atomic mass is 10.0. The van der Waals surface area contributed by atoms with Crippen LogP contribution >= 0.6 is 0 Å². The number of carbonyl (C=O) groups is 1. The highest BCUT2D eigenvalue weighted by atomic mass is 16.4. The molecule has 5 aromatic rings. The standard InChI is InChI=1S/C30H29N5O3/c1-16-13-24(18(3)31-25-8-6-5-7-22(25)30(37)38)28-32-27(17(2)29(36)34(28)15-16)20-9-12-26-23(14-20)19(4)33-35(26)21-10-11-21/h5-9,12-15,18,21,31H,10-11H2,1-4H3,(H,37,38). The van der Waals surface area contributed by atoms with E-state index in [4.69, 9.17) is 10.1 Å². The monoisotopic (exact) mass is 507 g/mol. The Balaban J connectivity index is 1.50. The fraction of sp³-hybridized carbons (Fsp3) is 0.267. The van der Waals surface area contributed by atoms with E-state index in [2.05, 4.69) is 22.1 Å². The van der Waals surface area contributed by atoms with Gasteiger partial charge in [0.15, 0.2) is 0 Å². The Bertz CT molecular complexity index is 1810. The van der Waals surface area contributed by atoms with Gasteiger partial charge in [0.05, 0.1) is 34.6 Å². The summed E-state index contributed by atoms with van der Waals surface area (Å²) in [5.74, 6) is -1.00. The van der Waals surface area contributed by atoms with Crippen LogP contribution in [0.1, 0.15) is 64.6 Å². The van der Waals surface area contributed by atoms with Gasteiger partial charge >= 0.3 is 5.97 Å². The third kappa shape index (κ3) is 3.93. The average Bonchev–Trinajstić information content (AvgIpc) is 3.69. The molecule has 8 nitrogen and oxygen atoms in total. The van der Waals surface area contributed by atoms with Crippen molar-refractivity contribution in [3.63, 3.8) is 0 Å². The topological polar surface area (TPSA) is 102 Å². The summed E-state index contributed by atoms with van der Waals surface area (Å²) in [6.45, 7) is 7.71. The molecule has 8 heteroatoms. The Morgan fingerprint density at radius 3 is 2.61 bits per heavy atom. The van der Waals surface area contributed by atoms with E-state index in [1.807, 2.05) is 39.8 Å². The van der Waals surface area contributed by atoms with Gasteiger partial charge in [-0.25, -0.2) is 9.78 Å². The maximum absolute atomic E-state index is 13.6. The summed E-state index contributed by atoms with van der Waals surface area (Å²) in [5, 5.41) is 18.8. The van der Waals surface area contributed by atoms with Gasteiger partial charge < -0.3 is 10.4 Å². The molecule has 0 radical (unpaired) electrons. The molecule has 1 fully saturated rings. The largest absolute Gasteiger partial charge is 0.478 e. The SMILES string of the molecule is Cc1cc(C(C)Nc2ccccc2C(=O)O)c2nc(-c3ccc4c(c3)c(C)nn4C3CC3)c(C)c(=O)n2c1. The maximum Gasteiger partial charge on any atom is 0.337 e. The fourth-order valence-electron chi connectivity index (χ4n) is 5.24. The second-order valence-electron chi connectivity index (χ2n) is 10.3. The van der Waals surface area contributed by atoms with Crippen LogP contribution in [-0.2, 0) is 0 Å².